The van der Waals surface area contributed by atoms with E-state index in [4.69, 9.17) is 0 Å². The van der Waals surface area contributed by atoms with Gasteiger partial charge in [-0.3, -0.25) is 9.18 Å². The van der Waals surface area contributed by atoms with Gasteiger partial charge in [0.15, 0.2) is 18.3 Å². The molecule has 1 N–H and O–H groups in total. The van der Waals surface area contributed by atoms with E-state index in [0.29, 0.717) is 6.42 Å². The summed E-state index contributed by atoms with van der Waals surface area (Å²) in [7, 11) is -6.12. The first-order chi connectivity index (χ1) is 8.50. The Balaban J connectivity index is 3.63. The lowest BCUT2D eigenvalue weighted by Crippen LogP contribution is -2.78. The third-order valence-corrected chi connectivity index (χ3v) is 41.2. The molecular formula is C13H25FO2Si3. The van der Waals surface area contributed by atoms with Crippen LogP contribution in [0.3, 0.4) is 0 Å². The first-order valence-electron chi connectivity index (χ1n) is 6.71. The number of hydrogen-bond donors (Lipinski definition) is 1. The highest BCUT2D eigenvalue weighted by molar-refractivity contribution is 7.80. The Kier molecular flexibility index (Phi) is 4.49. The maximum atomic E-state index is 12.9. The molecular weight excluding hydrogens is 291 g/mol. The van der Waals surface area contributed by atoms with E-state index in [1.54, 1.807) is 0 Å². The molecule has 0 saturated heterocycles. The molecule has 1 aliphatic rings. The van der Waals surface area contributed by atoms with Crippen molar-refractivity contribution in [2.75, 3.05) is 6.67 Å². The van der Waals surface area contributed by atoms with Crippen LogP contribution in [0, 0.1) is 0 Å². The highest BCUT2D eigenvalue weighted by Crippen LogP contribution is 2.40. The predicted molar refractivity (Wildman–Crippen MR) is 86.8 cm³/mol. The van der Waals surface area contributed by atoms with Crippen LogP contribution < -0.4 is 0 Å². The van der Waals surface area contributed by atoms with Gasteiger partial charge in [-0.05, 0) is 12.5 Å². The summed E-state index contributed by atoms with van der Waals surface area (Å²) in [5.41, 5.74) is 0. The standard InChI is InChI=1S/C13H25FO2Si3/c1-17(2,3)19(18(4,5)6)11(9-10-14)7-8-12(15)13(19)16/h7-8,15H,9-10H2,1-6H3. The zero-order valence-electron chi connectivity index (χ0n) is 12.8. The Labute approximate surface area is 118 Å². The number of alkyl halides is 1. The summed E-state index contributed by atoms with van der Waals surface area (Å²) < 4.78 is 12.9. The first-order valence-corrected chi connectivity index (χ1v) is 17.7. The number of aliphatic hydroxyl groups is 1. The highest BCUT2D eigenvalue weighted by atomic mass is 29.6. The average Bonchev–Trinajstić information content (AvgIpc) is 2.20. The molecule has 6 heteroatoms. The van der Waals surface area contributed by atoms with E-state index < -0.39 is 29.0 Å². The van der Waals surface area contributed by atoms with Crippen molar-refractivity contribution in [3.63, 3.8) is 0 Å². The van der Waals surface area contributed by atoms with Gasteiger partial charge < -0.3 is 5.11 Å². The van der Waals surface area contributed by atoms with Crippen molar-refractivity contribution in [3.05, 3.63) is 23.1 Å². The fourth-order valence-corrected chi connectivity index (χ4v) is 49.8. The molecule has 0 aromatic carbocycles. The second-order valence-electron chi connectivity index (χ2n) is 7.26. The zero-order valence-corrected chi connectivity index (χ0v) is 15.8. The summed E-state index contributed by atoms with van der Waals surface area (Å²) in [5.74, 6) is -0.0980. The van der Waals surface area contributed by atoms with Gasteiger partial charge in [-0.1, -0.05) is 50.6 Å². The van der Waals surface area contributed by atoms with Crippen molar-refractivity contribution in [3.8, 4) is 0 Å². The van der Waals surface area contributed by atoms with Crippen molar-refractivity contribution in [1.82, 2.24) is 0 Å². The molecule has 0 radical (unpaired) electrons. The Hall–Kier alpha value is -0.469. The molecule has 2 nitrogen and oxygen atoms in total. The first kappa shape index (κ1) is 16.6. The Morgan fingerprint density at radius 1 is 1.11 bits per heavy atom. The summed E-state index contributed by atoms with van der Waals surface area (Å²) in [4.78, 5) is 12.9. The number of allylic oxidation sites excluding steroid dienone is 4. The van der Waals surface area contributed by atoms with Crippen LogP contribution in [0.4, 0.5) is 4.39 Å². The maximum absolute atomic E-state index is 12.9. The van der Waals surface area contributed by atoms with Crippen LogP contribution in [-0.2, 0) is 4.79 Å². The summed E-state index contributed by atoms with van der Waals surface area (Å²) >= 11 is 0. The number of halogens is 1. The molecule has 0 aliphatic carbocycles. The molecule has 0 fully saturated rings. The van der Waals surface area contributed by atoms with E-state index in [2.05, 4.69) is 39.3 Å². The number of aliphatic hydroxyl groups excluding tert-OH is 1. The molecule has 1 aliphatic heterocycles. The summed E-state index contributed by atoms with van der Waals surface area (Å²) in [5, 5.41) is 11.0. The smallest absolute Gasteiger partial charge is 0.173 e. The molecule has 0 atom stereocenters. The molecule has 0 aromatic rings. The maximum Gasteiger partial charge on any atom is 0.173 e. The minimum Gasteiger partial charge on any atom is -0.505 e. The van der Waals surface area contributed by atoms with Gasteiger partial charge in [0.1, 0.15) is 0 Å². The molecule has 19 heavy (non-hydrogen) atoms. The average molecular weight is 317 g/mol. The topological polar surface area (TPSA) is 37.3 Å². The van der Waals surface area contributed by atoms with Gasteiger partial charge in [0.25, 0.3) is 0 Å². The van der Waals surface area contributed by atoms with E-state index >= 15 is 0 Å². The van der Waals surface area contributed by atoms with Crippen molar-refractivity contribution < 1.29 is 14.3 Å². The van der Waals surface area contributed by atoms with Crippen LogP contribution >= 0.6 is 0 Å². The van der Waals surface area contributed by atoms with E-state index in [0.717, 1.165) is 5.20 Å². The number of rotatable bonds is 4. The second-order valence-corrected chi connectivity index (χ2v) is 33.9. The van der Waals surface area contributed by atoms with Crippen molar-refractivity contribution in [2.45, 2.75) is 45.7 Å². The SMILES string of the molecule is C[Si](C)(C)[Si]1([Si](C)(C)C)C(=O)C(O)=CC=C1CCF. The monoisotopic (exact) mass is 316 g/mol. The quantitative estimate of drug-likeness (QED) is 0.804. The lowest BCUT2D eigenvalue weighted by atomic mass is 10.3. The van der Waals surface area contributed by atoms with E-state index in [1.807, 2.05) is 6.08 Å². The third-order valence-electron chi connectivity index (χ3n) is 4.11. The molecule has 0 amide bonds. The lowest BCUT2D eigenvalue weighted by Gasteiger charge is -2.50. The van der Waals surface area contributed by atoms with Crippen LogP contribution in [0.25, 0.3) is 0 Å². The largest absolute Gasteiger partial charge is 0.505 e. The van der Waals surface area contributed by atoms with E-state index in [9.17, 15) is 14.3 Å². The van der Waals surface area contributed by atoms with Crippen LogP contribution in [0.15, 0.2) is 23.1 Å². The number of carbonyl (C=O) groups is 1. The molecule has 1 rings (SSSR count). The summed E-state index contributed by atoms with van der Waals surface area (Å²) in [6.45, 7) is 12.8. The minimum atomic E-state index is -2.46. The Bertz CT molecular complexity index is 428. The highest BCUT2D eigenvalue weighted by Gasteiger charge is 2.63. The minimum absolute atomic E-state index is 0.0308. The molecule has 0 unspecified atom stereocenters. The Morgan fingerprint density at radius 2 is 1.58 bits per heavy atom. The van der Waals surface area contributed by atoms with Crippen molar-refractivity contribution in [2.24, 2.45) is 0 Å². The number of hydrogen-bond acceptors (Lipinski definition) is 2. The Morgan fingerprint density at radius 3 is 1.95 bits per heavy atom. The number of carbonyl (C=O) groups excluding carboxylic acids is 1. The summed E-state index contributed by atoms with van der Waals surface area (Å²) in [6.07, 6.45) is 3.67. The lowest BCUT2D eigenvalue weighted by molar-refractivity contribution is -0.111. The van der Waals surface area contributed by atoms with Gasteiger partial charge in [-0.15, -0.1) is 0 Å². The molecule has 1 heterocycles. The third kappa shape index (κ3) is 2.45. The van der Waals surface area contributed by atoms with Gasteiger partial charge in [0.05, 0.1) is 21.9 Å². The predicted octanol–water partition coefficient (Wildman–Crippen LogP) is 3.66. The van der Waals surface area contributed by atoms with Crippen molar-refractivity contribution in [1.29, 1.82) is 0 Å². The van der Waals surface area contributed by atoms with E-state index in [-0.39, 0.29) is 11.2 Å². The molecule has 108 valence electrons. The normalized spacial score (nSPS) is 20.1. The van der Waals surface area contributed by atoms with Crippen LogP contribution in [0.1, 0.15) is 6.42 Å². The van der Waals surface area contributed by atoms with E-state index in [1.165, 1.54) is 6.08 Å². The van der Waals surface area contributed by atoms with Crippen LogP contribution in [-0.4, -0.2) is 39.5 Å². The fourth-order valence-electron chi connectivity index (χ4n) is 3.86. The zero-order chi connectivity index (χ0) is 15.1. The van der Waals surface area contributed by atoms with Crippen LogP contribution in [0.5, 0.6) is 0 Å². The van der Waals surface area contributed by atoms with Gasteiger partial charge in [-0.25, -0.2) is 0 Å². The molecule has 0 saturated carbocycles. The van der Waals surface area contributed by atoms with Crippen molar-refractivity contribution >= 4 is 27.7 Å². The van der Waals surface area contributed by atoms with Gasteiger partial charge >= 0.3 is 0 Å². The van der Waals surface area contributed by atoms with Gasteiger partial charge in [0, 0.05) is 0 Å². The van der Waals surface area contributed by atoms with Gasteiger partial charge in [-0.2, -0.15) is 0 Å². The van der Waals surface area contributed by atoms with Gasteiger partial charge in [0.2, 0.25) is 0 Å². The van der Waals surface area contributed by atoms with Crippen LogP contribution in [0.2, 0.25) is 39.3 Å². The fraction of sp³-hybridized carbons (Fsp3) is 0.615. The molecule has 0 spiro atoms. The molecule has 0 bridgehead atoms. The second kappa shape index (κ2) is 5.14. The molecule has 0 aromatic heterocycles. The summed E-state index contributed by atoms with van der Waals surface area (Å²) in [6, 6.07) is 0.